The molecule has 0 fully saturated rings. The van der Waals surface area contributed by atoms with Crippen LogP contribution in [0.1, 0.15) is 30.0 Å². The number of carbonyl (C=O) groups is 1. The van der Waals surface area contributed by atoms with Crippen LogP contribution in [-0.4, -0.2) is 25.3 Å². The number of nitrogens with one attached hydrogen (secondary N) is 1. The van der Waals surface area contributed by atoms with Crippen LogP contribution in [0.15, 0.2) is 47.6 Å². The van der Waals surface area contributed by atoms with Gasteiger partial charge in [0.25, 0.3) is 0 Å². The van der Waals surface area contributed by atoms with Gasteiger partial charge in [-0.1, -0.05) is 29.8 Å². The van der Waals surface area contributed by atoms with Crippen LogP contribution in [0, 0.1) is 13.8 Å². The van der Waals surface area contributed by atoms with Gasteiger partial charge in [0.1, 0.15) is 11.5 Å². The lowest BCUT2D eigenvalue weighted by molar-refractivity contribution is -0.118. The topological polar surface area (TPSA) is 59.9 Å². The van der Waals surface area contributed by atoms with Gasteiger partial charge in [-0.2, -0.15) is 5.10 Å². The Kier molecular flexibility index (Phi) is 7.01. The van der Waals surface area contributed by atoms with Crippen LogP contribution in [0.5, 0.6) is 11.5 Å². The molecule has 0 heterocycles. The Hall–Kier alpha value is -2.82. The van der Waals surface area contributed by atoms with Crippen molar-refractivity contribution in [1.29, 1.82) is 0 Å². The summed E-state index contributed by atoms with van der Waals surface area (Å²) in [5.41, 5.74) is 5.56. The van der Waals surface area contributed by atoms with E-state index in [1.807, 2.05) is 43.3 Å². The largest absolute Gasteiger partial charge is 0.493 e. The van der Waals surface area contributed by atoms with E-state index in [4.69, 9.17) is 9.47 Å². The third-order valence-corrected chi connectivity index (χ3v) is 3.48. The van der Waals surface area contributed by atoms with Crippen molar-refractivity contribution in [3.8, 4) is 11.5 Å². The molecule has 2 rings (SSSR count). The van der Waals surface area contributed by atoms with Crippen molar-refractivity contribution in [2.75, 3.05) is 13.2 Å². The molecule has 0 aliphatic heterocycles. The van der Waals surface area contributed by atoms with Gasteiger partial charge in [0, 0.05) is 18.9 Å². The van der Waals surface area contributed by atoms with E-state index in [2.05, 4.69) is 23.5 Å². The zero-order valence-electron chi connectivity index (χ0n) is 14.9. The van der Waals surface area contributed by atoms with Crippen molar-refractivity contribution in [2.45, 2.75) is 27.2 Å². The summed E-state index contributed by atoms with van der Waals surface area (Å²) >= 11 is 0. The summed E-state index contributed by atoms with van der Waals surface area (Å²) in [7, 11) is 0. The summed E-state index contributed by atoms with van der Waals surface area (Å²) in [4.78, 5) is 10.9. The summed E-state index contributed by atoms with van der Waals surface area (Å²) in [5, 5.41) is 3.87. The molecular formula is C20H24N2O3. The molecule has 0 aliphatic carbocycles. The van der Waals surface area contributed by atoms with Crippen LogP contribution in [-0.2, 0) is 4.79 Å². The van der Waals surface area contributed by atoms with Crippen LogP contribution in [0.2, 0.25) is 0 Å². The second-order valence-electron chi connectivity index (χ2n) is 5.78. The van der Waals surface area contributed by atoms with E-state index in [1.165, 1.54) is 12.5 Å². The first kappa shape index (κ1) is 18.5. The van der Waals surface area contributed by atoms with Crippen molar-refractivity contribution in [2.24, 2.45) is 5.10 Å². The van der Waals surface area contributed by atoms with Crippen LogP contribution < -0.4 is 14.9 Å². The maximum atomic E-state index is 10.9. The lowest BCUT2D eigenvalue weighted by Crippen LogP contribution is -2.12. The van der Waals surface area contributed by atoms with E-state index in [9.17, 15) is 4.79 Å². The SMILES string of the molecule is CC(=O)N/N=C\c1ccccc1OCCCOc1ccc(C)cc1C. The third kappa shape index (κ3) is 6.30. The number of rotatable bonds is 8. The summed E-state index contributed by atoms with van der Waals surface area (Å²) in [6.45, 7) is 6.65. The molecule has 0 aromatic heterocycles. The Morgan fingerprint density at radius 3 is 2.52 bits per heavy atom. The van der Waals surface area contributed by atoms with Gasteiger partial charge in [-0.3, -0.25) is 4.79 Å². The number of benzene rings is 2. The minimum Gasteiger partial charge on any atom is -0.493 e. The first-order chi connectivity index (χ1) is 12.1. The molecule has 132 valence electrons. The molecule has 0 saturated heterocycles. The molecule has 1 N–H and O–H groups in total. The molecule has 0 atom stereocenters. The predicted octanol–water partition coefficient (Wildman–Crippen LogP) is 3.62. The molecule has 0 saturated carbocycles. The van der Waals surface area contributed by atoms with Gasteiger partial charge >= 0.3 is 0 Å². The quantitative estimate of drug-likeness (QED) is 0.453. The fraction of sp³-hybridized carbons (Fsp3) is 0.300. The van der Waals surface area contributed by atoms with Crippen LogP contribution in [0.3, 0.4) is 0 Å². The number of hydrogen-bond donors (Lipinski definition) is 1. The van der Waals surface area contributed by atoms with Crippen LogP contribution in [0.25, 0.3) is 0 Å². The lowest BCUT2D eigenvalue weighted by atomic mass is 10.1. The number of aryl methyl sites for hydroxylation is 2. The maximum absolute atomic E-state index is 10.9. The van der Waals surface area contributed by atoms with Crippen molar-refractivity contribution in [1.82, 2.24) is 5.43 Å². The molecule has 1 amide bonds. The fourth-order valence-electron chi connectivity index (χ4n) is 2.30. The molecule has 25 heavy (non-hydrogen) atoms. The Morgan fingerprint density at radius 2 is 1.80 bits per heavy atom. The minimum atomic E-state index is -0.210. The minimum absolute atomic E-state index is 0.210. The highest BCUT2D eigenvalue weighted by Crippen LogP contribution is 2.19. The second kappa shape index (κ2) is 9.47. The molecule has 2 aromatic rings. The maximum Gasteiger partial charge on any atom is 0.236 e. The molecule has 0 bridgehead atoms. The Bertz CT molecular complexity index is 741. The Morgan fingerprint density at radius 1 is 1.08 bits per heavy atom. The van der Waals surface area contributed by atoms with Crippen molar-refractivity contribution < 1.29 is 14.3 Å². The van der Waals surface area contributed by atoms with Crippen molar-refractivity contribution >= 4 is 12.1 Å². The number of ether oxygens (including phenoxy) is 2. The number of carbonyl (C=O) groups excluding carboxylic acids is 1. The first-order valence-corrected chi connectivity index (χ1v) is 8.28. The molecular weight excluding hydrogens is 316 g/mol. The zero-order valence-corrected chi connectivity index (χ0v) is 14.9. The molecule has 0 unspecified atom stereocenters. The van der Waals surface area contributed by atoms with E-state index < -0.39 is 0 Å². The second-order valence-corrected chi connectivity index (χ2v) is 5.78. The van der Waals surface area contributed by atoms with Crippen molar-refractivity contribution in [3.05, 3.63) is 59.2 Å². The van der Waals surface area contributed by atoms with E-state index in [0.29, 0.717) is 13.2 Å². The number of hydrazone groups is 1. The predicted molar refractivity (Wildman–Crippen MR) is 99.4 cm³/mol. The van der Waals surface area contributed by atoms with Gasteiger partial charge in [-0.15, -0.1) is 0 Å². The highest BCUT2D eigenvalue weighted by atomic mass is 16.5. The van der Waals surface area contributed by atoms with Crippen LogP contribution in [0.4, 0.5) is 0 Å². The number of nitrogens with zero attached hydrogens (tertiary/aromatic N) is 1. The van der Waals surface area contributed by atoms with Gasteiger partial charge in [0.2, 0.25) is 5.91 Å². The highest BCUT2D eigenvalue weighted by Gasteiger charge is 2.02. The zero-order chi connectivity index (χ0) is 18.1. The summed E-state index contributed by atoms with van der Waals surface area (Å²) in [5.74, 6) is 1.43. The van der Waals surface area contributed by atoms with Gasteiger partial charge in [-0.25, -0.2) is 5.43 Å². The molecule has 5 nitrogen and oxygen atoms in total. The third-order valence-electron chi connectivity index (χ3n) is 3.48. The van der Waals surface area contributed by atoms with E-state index in [0.717, 1.165) is 29.0 Å². The molecule has 0 aliphatic rings. The van der Waals surface area contributed by atoms with E-state index >= 15 is 0 Å². The van der Waals surface area contributed by atoms with Crippen LogP contribution >= 0.6 is 0 Å². The number of para-hydroxylation sites is 1. The smallest absolute Gasteiger partial charge is 0.236 e. The summed E-state index contributed by atoms with van der Waals surface area (Å²) < 4.78 is 11.6. The van der Waals surface area contributed by atoms with Gasteiger partial charge in [0.05, 0.1) is 19.4 Å². The van der Waals surface area contributed by atoms with Gasteiger partial charge in [0.15, 0.2) is 0 Å². The van der Waals surface area contributed by atoms with Crippen molar-refractivity contribution in [3.63, 3.8) is 0 Å². The normalized spacial score (nSPS) is 10.7. The Labute approximate surface area is 148 Å². The highest BCUT2D eigenvalue weighted by molar-refractivity contribution is 5.84. The molecule has 5 heteroatoms. The molecule has 0 radical (unpaired) electrons. The standard InChI is InChI=1S/C20H24N2O3/c1-15-9-10-19(16(2)13-15)24-11-6-12-25-20-8-5-4-7-18(20)14-21-22-17(3)23/h4-5,7-10,13-14H,6,11-12H2,1-3H3,(H,22,23)/b21-14-. The average molecular weight is 340 g/mol. The fourth-order valence-corrected chi connectivity index (χ4v) is 2.30. The average Bonchev–Trinajstić information content (AvgIpc) is 2.57. The van der Waals surface area contributed by atoms with E-state index in [1.54, 1.807) is 6.21 Å². The monoisotopic (exact) mass is 340 g/mol. The van der Waals surface area contributed by atoms with Gasteiger partial charge < -0.3 is 9.47 Å². The van der Waals surface area contributed by atoms with Gasteiger partial charge in [-0.05, 0) is 37.6 Å². The lowest BCUT2D eigenvalue weighted by Gasteiger charge is -2.11. The number of hydrogen-bond acceptors (Lipinski definition) is 4. The molecule has 0 spiro atoms. The summed E-state index contributed by atoms with van der Waals surface area (Å²) in [6, 6.07) is 13.7. The van der Waals surface area contributed by atoms with E-state index in [-0.39, 0.29) is 5.91 Å². The summed E-state index contributed by atoms with van der Waals surface area (Å²) in [6.07, 6.45) is 2.34. The Balaban J connectivity index is 1.80. The first-order valence-electron chi connectivity index (χ1n) is 8.28. The number of amides is 1. The molecule has 2 aromatic carbocycles.